The van der Waals surface area contributed by atoms with Crippen molar-refractivity contribution < 1.29 is 23.1 Å². The Morgan fingerprint density at radius 2 is 2.04 bits per heavy atom. The first-order valence-corrected chi connectivity index (χ1v) is 7.86. The van der Waals surface area contributed by atoms with Crippen molar-refractivity contribution in [3.8, 4) is 0 Å². The Bertz CT molecular complexity index is 670. The average molecular weight is 323 g/mol. The van der Waals surface area contributed by atoms with Gasteiger partial charge in [-0.2, -0.15) is 0 Å². The molecule has 1 aliphatic heterocycles. The number of benzene rings is 1. The molecule has 6 heteroatoms. The number of carbonyl (C=O) groups is 2. The number of rotatable bonds is 1. The molecule has 0 radical (unpaired) electrons. The molecular weight excluding hydrogens is 304 g/mol. The highest BCUT2D eigenvalue weighted by Gasteiger charge is 2.41. The zero-order valence-electron chi connectivity index (χ0n) is 13.2. The van der Waals surface area contributed by atoms with Gasteiger partial charge in [-0.1, -0.05) is 0 Å². The van der Waals surface area contributed by atoms with E-state index in [0.29, 0.717) is 24.0 Å². The minimum atomic E-state index is -2.91. The van der Waals surface area contributed by atoms with Gasteiger partial charge in [0.1, 0.15) is 0 Å². The summed E-state index contributed by atoms with van der Waals surface area (Å²) in [6, 6.07) is 2.84. The summed E-state index contributed by atoms with van der Waals surface area (Å²) in [5.41, 5.74) is 1.02. The van der Waals surface area contributed by atoms with E-state index in [-0.39, 0.29) is 42.5 Å². The maximum absolute atomic E-state index is 14.0. The lowest BCUT2D eigenvalue weighted by Gasteiger charge is -2.24. The third kappa shape index (κ3) is 2.82. The molecule has 124 valence electrons. The van der Waals surface area contributed by atoms with Crippen LogP contribution in [0.4, 0.5) is 19.3 Å². The van der Waals surface area contributed by atoms with Crippen molar-refractivity contribution >= 4 is 17.6 Å². The number of carbonyl (C=O) groups excluding carboxylic acids is 2. The summed E-state index contributed by atoms with van der Waals surface area (Å²) < 4.78 is 33.2. The van der Waals surface area contributed by atoms with Gasteiger partial charge < -0.3 is 4.74 Å². The van der Waals surface area contributed by atoms with Crippen LogP contribution in [0, 0.1) is 0 Å². The van der Waals surface area contributed by atoms with Gasteiger partial charge in [-0.05, 0) is 44.4 Å². The fourth-order valence-corrected chi connectivity index (χ4v) is 3.16. The summed E-state index contributed by atoms with van der Waals surface area (Å²) in [7, 11) is 0. The number of alkyl halides is 2. The molecule has 0 saturated heterocycles. The first kappa shape index (κ1) is 15.9. The second kappa shape index (κ2) is 5.58. The average Bonchev–Trinajstić information content (AvgIpc) is 2.66. The molecule has 1 aromatic carbocycles. The molecule has 4 nitrogen and oxygen atoms in total. The molecule has 0 spiro atoms. The molecule has 0 aromatic heterocycles. The van der Waals surface area contributed by atoms with E-state index in [9.17, 15) is 18.4 Å². The van der Waals surface area contributed by atoms with Crippen LogP contribution in [0.2, 0.25) is 0 Å². The molecule has 0 atom stereocenters. The molecule has 0 unspecified atom stereocenters. The summed E-state index contributed by atoms with van der Waals surface area (Å²) in [5, 5.41) is 0. The molecule has 0 N–H and O–H groups in total. The van der Waals surface area contributed by atoms with E-state index >= 15 is 0 Å². The van der Waals surface area contributed by atoms with E-state index in [1.54, 1.807) is 13.8 Å². The lowest BCUT2D eigenvalue weighted by Crippen LogP contribution is -2.34. The minimum absolute atomic E-state index is 0.0757. The number of fused-ring (bicyclic) bond motifs is 2. The van der Waals surface area contributed by atoms with Crippen LogP contribution in [0.15, 0.2) is 12.1 Å². The first-order chi connectivity index (χ1) is 10.8. The van der Waals surface area contributed by atoms with Crippen LogP contribution in [-0.2, 0) is 17.1 Å². The minimum Gasteiger partial charge on any atom is -0.446 e. The molecular formula is C17H19F2NO3. The number of aryl methyl sites for hydroxylation is 1. The molecule has 1 amide bonds. The maximum atomic E-state index is 14.0. The highest BCUT2D eigenvalue weighted by molar-refractivity contribution is 6.06. The van der Waals surface area contributed by atoms with Crippen molar-refractivity contribution in [2.75, 3.05) is 11.4 Å². The molecule has 2 aliphatic rings. The van der Waals surface area contributed by atoms with Crippen molar-refractivity contribution in [1.29, 1.82) is 0 Å². The Balaban J connectivity index is 2.09. The fourth-order valence-electron chi connectivity index (χ4n) is 3.16. The number of nitrogens with zero attached hydrogens (tertiary/aromatic N) is 1. The van der Waals surface area contributed by atoms with E-state index in [4.69, 9.17) is 4.74 Å². The summed E-state index contributed by atoms with van der Waals surface area (Å²) in [6.45, 7) is 3.73. The van der Waals surface area contributed by atoms with Crippen molar-refractivity contribution in [3.05, 3.63) is 28.8 Å². The smallest absolute Gasteiger partial charge is 0.414 e. The summed E-state index contributed by atoms with van der Waals surface area (Å²) in [4.78, 5) is 25.9. The van der Waals surface area contributed by atoms with Crippen molar-refractivity contribution in [3.63, 3.8) is 0 Å². The fraction of sp³-hybridized carbons (Fsp3) is 0.529. The Hall–Kier alpha value is -1.98. The van der Waals surface area contributed by atoms with Gasteiger partial charge in [0.05, 0.1) is 11.8 Å². The Morgan fingerprint density at radius 1 is 1.30 bits per heavy atom. The highest BCUT2D eigenvalue weighted by atomic mass is 19.3. The lowest BCUT2D eigenvalue weighted by molar-refractivity contribution is -0.00184. The van der Waals surface area contributed by atoms with Gasteiger partial charge in [-0.15, -0.1) is 0 Å². The van der Waals surface area contributed by atoms with Crippen LogP contribution in [0.1, 0.15) is 54.6 Å². The van der Waals surface area contributed by atoms with Crippen LogP contribution < -0.4 is 4.90 Å². The summed E-state index contributed by atoms with van der Waals surface area (Å²) in [5.74, 6) is -3.02. The van der Waals surface area contributed by atoms with Crippen LogP contribution in [-0.4, -0.2) is 24.5 Å². The van der Waals surface area contributed by atoms with E-state index < -0.39 is 12.0 Å². The number of amides is 1. The normalized spacial score (nSPS) is 19.3. The largest absolute Gasteiger partial charge is 0.446 e. The van der Waals surface area contributed by atoms with Gasteiger partial charge in [0.25, 0.3) is 5.92 Å². The Labute approximate surface area is 133 Å². The van der Waals surface area contributed by atoms with Crippen molar-refractivity contribution in [2.45, 2.75) is 51.6 Å². The van der Waals surface area contributed by atoms with Crippen LogP contribution in [0.5, 0.6) is 0 Å². The molecule has 0 fully saturated rings. The lowest BCUT2D eigenvalue weighted by atomic mass is 9.99. The van der Waals surface area contributed by atoms with Gasteiger partial charge in [0, 0.05) is 30.5 Å². The van der Waals surface area contributed by atoms with Gasteiger partial charge in [0.2, 0.25) is 0 Å². The molecule has 1 aromatic rings. The SMILES string of the molecule is CC(C)OC(=O)N1CCCC(=O)c2cc3c(cc21)C(F)(F)CC3. The Kier molecular flexibility index (Phi) is 3.86. The molecule has 3 rings (SSSR count). The molecule has 0 bridgehead atoms. The zero-order valence-corrected chi connectivity index (χ0v) is 13.2. The zero-order chi connectivity index (χ0) is 16.8. The predicted octanol–water partition coefficient (Wildman–Crippen LogP) is 4.05. The monoisotopic (exact) mass is 323 g/mol. The van der Waals surface area contributed by atoms with Gasteiger partial charge in [-0.25, -0.2) is 13.6 Å². The maximum Gasteiger partial charge on any atom is 0.414 e. The van der Waals surface area contributed by atoms with Gasteiger partial charge in [0.15, 0.2) is 5.78 Å². The third-order valence-corrected chi connectivity index (χ3v) is 4.26. The number of ketones is 1. The van der Waals surface area contributed by atoms with E-state index in [0.717, 1.165) is 0 Å². The highest BCUT2D eigenvalue weighted by Crippen LogP contribution is 2.45. The van der Waals surface area contributed by atoms with E-state index in [1.807, 2.05) is 0 Å². The van der Waals surface area contributed by atoms with Gasteiger partial charge in [-0.3, -0.25) is 9.69 Å². The standard InChI is InChI=1S/C17H19F2NO3/c1-10(2)23-16(22)20-7-3-4-15(21)12-8-11-5-6-17(18,19)13(11)9-14(12)20/h8-10H,3-7H2,1-2H3. The molecule has 1 heterocycles. The van der Waals surface area contributed by atoms with Crippen LogP contribution in [0.25, 0.3) is 0 Å². The topological polar surface area (TPSA) is 46.6 Å². The predicted molar refractivity (Wildman–Crippen MR) is 81.2 cm³/mol. The number of anilines is 1. The summed E-state index contributed by atoms with van der Waals surface area (Å²) in [6.07, 6.45) is -0.136. The number of halogens is 2. The number of Topliss-reactive ketones (excluding diaryl/α,β-unsaturated/α-hetero) is 1. The summed E-state index contributed by atoms with van der Waals surface area (Å²) >= 11 is 0. The molecule has 23 heavy (non-hydrogen) atoms. The second-order valence-electron chi connectivity index (χ2n) is 6.34. The van der Waals surface area contributed by atoms with Crippen LogP contribution >= 0.6 is 0 Å². The quantitative estimate of drug-likeness (QED) is 0.783. The first-order valence-electron chi connectivity index (χ1n) is 7.86. The van der Waals surface area contributed by atoms with Crippen LogP contribution in [0.3, 0.4) is 0 Å². The molecule has 1 aliphatic carbocycles. The third-order valence-electron chi connectivity index (χ3n) is 4.26. The van der Waals surface area contributed by atoms with Gasteiger partial charge >= 0.3 is 6.09 Å². The number of ether oxygens (including phenoxy) is 1. The Morgan fingerprint density at radius 3 is 2.74 bits per heavy atom. The molecule has 0 saturated carbocycles. The number of hydrogen-bond acceptors (Lipinski definition) is 3. The van der Waals surface area contributed by atoms with E-state index in [2.05, 4.69) is 0 Å². The van der Waals surface area contributed by atoms with Crippen molar-refractivity contribution in [1.82, 2.24) is 0 Å². The van der Waals surface area contributed by atoms with E-state index in [1.165, 1.54) is 17.0 Å². The second-order valence-corrected chi connectivity index (χ2v) is 6.34. The van der Waals surface area contributed by atoms with Crippen molar-refractivity contribution in [2.24, 2.45) is 0 Å². The number of hydrogen-bond donors (Lipinski definition) is 0.